The Labute approximate surface area is 126 Å². The summed E-state index contributed by atoms with van der Waals surface area (Å²) < 4.78 is 0. The van der Waals surface area contributed by atoms with Crippen molar-refractivity contribution in [3.8, 4) is 0 Å². The molecule has 2 heteroatoms. The van der Waals surface area contributed by atoms with Crippen LogP contribution in [0.3, 0.4) is 0 Å². The van der Waals surface area contributed by atoms with E-state index in [1.165, 1.54) is 83.5 Å². The summed E-state index contributed by atoms with van der Waals surface area (Å²) in [5.74, 6) is 0.415. The van der Waals surface area contributed by atoms with Crippen LogP contribution in [0.1, 0.15) is 103 Å². The fourth-order valence-electron chi connectivity index (χ4n) is 3.37. The second kappa shape index (κ2) is 10.2. The number of nitrogens with two attached hydrogens (primary N) is 1. The van der Waals surface area contributed by atoms with Crippen molar-refractivity contribution in [3.05, 3.63) is 0 Å². The van der Waals surface area contributed by atoms with Crippen LogP contribution in [-0.4, -0.2) is 5.84 Å². The number of amidine groups is 1. The summed E-state index contributed by atoms with van der Waals surface area (Å²) in [5.41, 5.74) is 5.84. The second-order valence-corrected chi connectivity index (χ2v) is 7.07. The molecule has 1 aliphatic rings. The van der Waals surface area contributed by atoms with Crippen molar-refractivity contribution in [1.29, 1.82) is 5.41 Å². The van der Waals surface area contributed by atoms with E-state index in [9.17, 15) is 0 Å². The zero-order valence-corrected chi connectivity index (χ0v) is 13.7. The number of nitrogens with one attached hydrogen (secondary N) is 1. The van der Waals surface area contributed by atoms with E-state index >= 15 is 0 Å². The molecular formula is C18H36N2. The normalized spacial score (nSPS) is 24.1. The summed E-state index contributed by atoms with van der Waals surface area (Å²) in [4.78, 5) is 0. The summed E-state index contributed by atoms with van der Waals surface area (Å²) >= 11 is 0. The first-order valence-corrected chi connectivity index (χ1v) is 9.00. The van der Waals surface area contributed by atoms with Crippen molar-refractivity contribution in [1.82, 2.24) is 0 Å². The average molecular weight is 280 g/mol. The molecule has 1 saturated carbocycles. The Morgan fingerprint density at radius 3 is 1.15 bits per heavy atom. The summed E-state index contributed by atoms with van der Waals surface area (Å²) in [6.07, 6.45) is 20.1. The Morgan fingerprint density at radius 1 is 0.650 bits per heavy atom. The van der Waals surface area contributed by atoms with Crippen LogP contribution in [0, 0.1) is 10.8 Å². The molecule has 1 fully saturated rings. The van der Waals surface area contributed by atoms with Crippen molar-refractivity contribution in [2.24, 2.45) is 11.1 Å². The summed E-state index contributed by atoms with van der Waals surface area (Å²) in [6.45, 7) is 2.21. The monoisotopic (exact) mass is 280 g/mol. The predicted molar refractivity (Wildman–Crippen MR) is 89.3 cm³/mol. The van der Waals surface area contributed by atoms with E-state index in [-0.39, 0.29) is 5.41 Å². The van der Waals surface area contributed by atoms with Crippen LogP contribution in [0.25, 0.3) is 0 Å². The minimum absolute atomic E-state index is 0.0307. The van der Waals surface area contributed by atoms with Gasteiger partial charge in [0, 0.05) is 5.41 Å². The zero-order valence-electron chi connectivity index (χ0n) is 13.7. The standard InChI is InChI=1S/C18H36N2/c1-18(17(19)20)15-13-11-9-7-5-3-2-4-6-8-10-12-14-16-18/h2-16H2,1H3,(H3,19,20). The van der Waals surface area contributed by atoms with Crippen LogP contribution in [0.4, 0.5) is 0 Å². The van der Waals surface area contributed by atoms with Crippen molar-refractivity contribution >= 4 is 5.84 Å². The molecule has 0 radical (unpaired) electrons. The summed E-state index contributed by atoms with van der Waals surface area (Å²) in [5, 5.41) is 7.90. The maximum atomic E-state index is 7.90. The molecule has 0 spiro atoms. The number of hydrogen-bond acceptors (Lipinski definition) is 1. The Balaban J connectivity index is 2.38. The zero-order chi connectivity index (χ0) is 14.7. The molecule has 20 heavy (non-hydrogen) atoms. The molecule has 118 valence electrons. The molecule has 0 heterocycles. The molecule has 0 atom stereocenters. The minimum Gasteiger partial charge on any atom is -0.387 e. The van der Waals surface area contributed by atoms with Crippen LogP contribution in [-0.2, 0) is 0 Å². The highest BCUT2D eigenvalue weighted by molar-refractivity contribution is 5.83. The van der Waals surface area contributed by atoms with Gasteiger partial charge in [0.2, 0.25) is 0 Å². The fourth-order valence-corrected chi connectivity index (χ4v) is 3.37. The molecule has 0 bridgehead atoms. The van der Waals surface area contributed by atoms with E-state index in [0.29, 0.717) is 5.84 Å². The van der Waals surface area contributed by atoms with Gasteiger partial charge in [0.15, 0.2) is 0 Å². The van der Waals surface area contributed by atoms with E-state index in [4.69, 9.17) is 11.1 Å². The van der Waals surface area contributed by atoms with Crippen LogP contribution < -0.4 is 5.73 Å². The van der Waals surface area contributed by atoms with Gasteiger partial charge < -0.3 is 5.73 Å². The SMILES string of the molecule is CC1(C(=N)N)CCCCCCCCCCCCCCC1. The first kappa shape index (κ1) is 17.5. The Hall–Kier alpha value is -0.530. The Morgan fingerprint density at radius 2 is 0.900 bits per heavy atom. The first-order chi connectivity index (χ1) is 9.65. The molecule has 0 saturated heterocycles. The van der Waals surface area contributed by atoms with E-state index in [2.05, 4.69) is 6.92 Å². The van der Waals surface area contributed by atoms with Gasteiger partial charge in [-0.25, -0.2) is 0 Å². The maximum Gasteiger partial charge on any atom is 0.0965 e. The topological polar surface area (TPSA) is 49.9 Å². The third-order valence-electron chi connectivity index (χ3n) is 5.11. The van der Waals surface area contributed by atoms with Crippen molar-refractivity contribution in [2.45, 2.75) is 103 Å². The van der Waals surface area contributed by atoms with Crippen LogP contribution in [0.2, 0.25) is 0 Å². The van der Waals surface area contributed by atoms with E-state index in [1.54, 1.807) is 0 Å². The molecule has 2 nitrogen and oxygen atoms in total. The van der Waals surface area contributed by atoms with Crippen molar-refractivity contribution in [3.63, 3.8) is 0 Å². The Bertz CT molecular complexity index is 244. The minimum atomic E-state index is -0.0307. The third-order valence-corrected chi connectivity index (χ3v) is 5.11. The van der Waals surface area contributed by atoms with Gasteiger partial charge in [0.05, 0.1) is 5.84 Å². The summed E-state index contributed by atoms with van der Waals surface area (Å²) in [7, 11) is 0. The molecule has 3 N–H and O–H groups in total. The third kappa shape index (κ3) is 7.31. The molecule has 0 amide bonds. The highest BCUT2D eigenvalue weighted by Crippen LogP contribution is 2.31. The van der Waals surface area contributed by atoms with Crippen LogP contribution >= 0.6 is 0 Å². The molecule has 0 aromatic heterocycles. The molecule has 0 aromatic carbocycles. The average Bonchev–Trinajstić information content (AvgIpc) is 2.41. The van der Waals surface area contributed by atoms with Gasteiger partial charge in [-0.3, -0.25) is 5.41 Å². The van der Waals surface area contributed by atoms with Crippen molar-refractivity contribution in [2.75, 3.05) is 0 Å². The predicted octanol–water partition coefficient (Wildman–Crippen LogP) is 5.79. The van der Waals surface area contributed by atoms with Gasteiger partial charge in [-0.2, -0.15) is 0 Å². The van der Waals surface area contributed by atoms with E-state index in [1.807, 2.05) is 0 Å². The van der Waals surface area contributed by atoms with Crippen molar-refractivity contribution < 1.29 is 0 Å². The summed E-state index contributed by atoms with van der Waals surface area (Å²) in [6, 6.07) is 0. The van der Waals surface area contributed by atoms with Gasteiger partial charge in [-0.15, -0.1) is 0 Å². The lowest BCUT2D eigenvalue weighted by Gasteiger charge is -2.28. The number of rotatable bonds is 1. The molecule has 0 unspecified atom stereocenters. The highest BCUT2D eigenvalue weighted by atomic mass is 14.7. The molecule has 0 aliphatic heterocycles. The van der Waals surface area contributed by atoms with Gasteiger partial charge in [-0.1, -0.05) is 90.4 Å². The first-order valence-electron chi connectivity index (χ1n) is 9.00. The molecular weight excluding hydrogens is 244 g/mol. The highest BCUT2D eigenvalue weighted by Gasteiger charge is 2.26. The fraction of sp³-hybridized carbons (Fsp3) is 0.944. The van der Waals surface area contributed by atoms with Crippen LogP contribution in [0.15, 0.2) is 0 Å². The van der Waals surface area contributed by atoms with E-state index < -0.39 is 0 Å². The second-order valence-electron chi connectivity index (χ2n) is 7.07. The molecule has 1 aliphatic carbocycles. The lowest BCUT2D eigenvalue weighted by molar-refractivity contribution is 0.350. The van der Waals surface area contributed by atoms with Gasteiger partial charge >= 0.3 is 0 Å². The van der Waals surface area contributed by atoms with Gasteiger partial charge in [0.25, 0.3) is 0 Å². The quantitative estimate of drug-likeness (QED) is 0.463. The van der Waals surface area contributed by atoms with Gasteiger partial charge in [0.1, 0.15) is 0 Å². The van der Waals surface area contributed by atoms with Gasteiger partial charge in [-0.05, 0) is 12.8 Å². The lowest BCUT2D eigenvalue weighted by Crippen LogP contribution is -2.33. The van der Waals surface area contributed by atoms with E-state index in [0.717, 1.165) is 12.8 Å². The lowest BCUT2D eigenvalue weighted by atomic mass is 9.78. The van der Waals surface area contributed by atoms with Crippen LogP contribution in [0.5, 0.6) is 0 Å². The molecule has 1 rings (SSSR count). The maximum absolute atomic E-state index is 7.90. The largest absolute Gasteiger partial charge is 0.387 e. The Kier molecular flexibility index (Phi) is 8.97. The molecule has 0 aromatic rings. The number of hydrogen-bond donors (Lipinski definition) is 2. The smallest absolute Gasteiger partial charge is 0.0965 e.